The van der Waals surface area contributed by atoms with E-state index < -0.39 is 0 Å². The van der Waals surface area contributed by atoms with Crippen LogP contribution in [0, 0.1) is 0 Å². The SMILES string of the molecule is BrC1=C(Br)c2nc1c(-c1ccc3ccccc3c1)c1[nH]c(c(Br)c1Br)c(-c1ccc3ccccc3c1)c1nc(c(-c3ccc4ccccc4c3)c3[nH]c(c(Br)c3Br)c2-c2ccc3ccccc3c2)C(Br)=C1Br. The van der Waals surface area contributed by atoms with Gasteiger partial charge in [-0.1, -0.05) is 146 Å². The Morgan fingerprint density at radius 3 is 0.681 bits per heavy atom. The highest BCUT2D eigenvalue weighted by molar-refractivity contribution is 9.18. The summed E-state index contributed by atoms with van der Waals surface area (Å²) < 4.78 is 6.56. The maximum Gasteiger partial charge on any atom is 0.0891 e. The Morgan fingerprint density at radius 1 is 0.250 bits per heavy atom. The molecule has 0 radical (unpaired) electrons. The highest BCUT2D eigenvalue weighted by atomic mass is 79.9. The van der Waals surface area contributed by atoms with E-state index in [1.807, 2.05) is 0 Å². The van der Waals surface area contributed by atoms with E-state index in [4.69, 9.17) is 9.97 Å². The van der Waals surface area contributed by atoms with Gasteiger partial charge in [0, 0.05) is 22.3 Å². The van der Waals surface area contributed by atoms with E-state index in [1.165, 1.54) is 0 Å². The summed E-state index contributed by atoms with van der Waals surface area (Å²) in [6.07, 6.45) is 0. The van der Waals surface area contributed by atoms with Gasteiger partial charge in [-0.25, -0.2) is 9.97 Å². The Morgan fingerprint density at radius 2 is 0.458 bits per heavy atom. The summed E-state index contributed by atoms with van der Waals surface area (Å²) in [5, 5.41) is 9.01. The highest BCUT2D eigenvalue weighted by Gasteiger charge is 2.31. The summed E-state index contributed by atoms with van der Waals surface area (Å²) in [7, 11) is 0. The molecule has 2 aliphatic heterocycles. The van der Waals surface area contributed by atoms with Gasteiger partial charge in [-0.15, -0.1) is 0 Å². The van der Waals surface area contributed by atoms with Crippen molar-refractivity contribution in [3.63, 3.8) is 0 Å². The number of nitrogens with zero attached hydrogens (tertiary/aromatic N) is 2. The molecule has 0 amide bonds. The lowest BCUT2D eigenvalue weighted by molar-refractivity contribution is 1.31. The lowest BCUT2D eigenvalue weighted by atomic mass is 9.99. The van der Waals surface area contributed by atoms with Crippen molar-refractivity contribution in [2.45, 2.75) is 0 Å². The summed E-state index contributed by atoms with van der Waals surface area (Å²) in [5.74, 6) is 0. The number of nitrogens with one attached hydrogen (secondary N) is 2. The van der Waals surface area contributed by atoms with E-state index >= 15 is 0 Å². The molecule has 2 N–H and O–H groups in total. The molecule has 11 aromatic rings. The third-order valence-corrected chi connectivity index (χ3v) is 21.9. The Labute approximate surface area is 480 Å². The third-order valence-electron chi connectivity index (χ3n) is 13.5. The molecule has 8 aromatic carbocycles. The normalized spacial score (nSPS) is 12.9. The highest BCUT2D eigenvalue weighted by Crippen LogP contribution is 2.54. The van der Waals surface area contributed by atoms with Gasteiger partial charge in [0.1, 0.15) is 0 Å². The van der Waals surface area contributed by atoms with Crippen molar-refractivity contribution < 1.29 is 0 Å². The van der Waals surface area contributed by atoms with E-state index in [9.17, 15) is 0 Å². The van der Waals surface area contributed by atoms with Crippen LogP contribution in [0.15, 0.2) is 188 Å². The summed E-state index contributed by atoms with van der Waals surface area (Å²) in [6.45, 7) is 0. The minimum Gasteiger partial charge on any atom is -0.352 e. The molecule has 12 heteroatoms. The van der Waals surface area contributed by atoms with Gasteiger partial charge in [0.2, 0.25) is 0 Å². The van der Waals surface area contributed by atoms with Gasteiger partial charge in [0.15, 0.2) is 0 Å². The van der Waals surface area contributed by atoms with Gasteiger partial charge in [-0.3, -0.25) is 0 Å². The molecule has 0 spiro atoms. The van der Waals surface area contributed by atoms with Crippen LogP contribution in [0.3, 0.4) is 0 Å². The average molecular weight is 1450 g/mol. The van der Waals surface area contributed by atoms with Crippen molar-refractivity contribution in [3.05, 3.63) is 211 Å². The van der Waals surface area contributed by atoms with Crippen molar-refractivity contribution in [2.24, 2.45) is 0 Å². The zero-order chi connectivity index (χ0) is 49.1. The fourth-order valence-corrected chi connectivity index (χ4v) is 14.0. The first kappa shape index (κ1) is 47.0. The first-order valence-corrected chi connectivity index (χ1v) is 29.0. The lowest BCUT2D eigenvalue weighted by Crippen LogP contribution is -1.91. The lowest BCUT2D eigenvalue weighted by Gasteiger charge is -2.09. The second-order valence-corrected chi connectivity index (χ2v) is 24.0. The minimum absolute atomic E-state index is 0.744. The van der Waals surface area contributed by atoms with Crippen LogP contribution < -0.4 is 0 Å². The van der Waals surface area contributed by atoms with Crippen molar-refractivity contribution in [3.8, 4) is 44.5 Å². The Bertz CT molecular complexity index is 3900. The van der Waals surface area contributed by atoms with Crippen LogP contribution in [0.4, 0.5) is 0 Å². The molecule has 8 bridgehead atoms. The molecule has 5 heterocycles. The Hall–Kier alpha value is -4.76. The third kappa shape index (κ3) is 7.68. The number of benzene rings is 8. The summed E-state index contributed by atoms with van der Waals surface area (Å²) in [5.41, 5.74) is 13.8. The molecule has 13 rings (SSSR count). The molecule has 0 saturated heterocycles. The van der Waals surface area contributed by atoms with Crippen LogP contribution in [0.25, 0.3) is 128 Å². The molecule has 2 aliphatic rings. The predicted octanol–water partition coefficient (Wildman–Crippen LogP) is 21.9. The maximum atomic E-state index is 5.76. The Balaban J connectivity index is 1.29. The number of aromatic amines is 2. The van der Waals surface area contributed by atoms with Crippen LogP contribution in [-0.4, -0.2) is 19.9 Å². The fourth-order valence-electron chi connectivity index (χ4n) is 10.1. The van der Waals surface area contributed by atoms with Gasteiger partial charge in [-0.05, 0) is 217 Å². The van der Waals surface area contributed by atoms with Crippen LogP contribution in [0.5, 0.6) is 0 Å². The van der Waals surface area contributed by atoms with Gasteiger partial charge in [0.05, 0.1) is 80.7 Å². The topological polar surface area (TPSA) is 57.4 Å². The summed E-state index contributed by atoms with van der Waals surface area (Å²) >= 11 is 33.2. The van der Waals surface area contributed by atoms with Crippen LogP contribution in [0.2, 0.25) is 0 Å². The van der Waals surface area contributed by atoms with Crippen molar-refractivity contribution >= 4 is 211 Å². The molecule has 0 aliphatic carbocycles. The zero-order valence-corrected chi connectivity index (χ0v) is 49.8. The summed E-state index contributed by atoms with van der Waals surface area (Å²) in [4.78, 5) is 19.5. The molecule has 0 atom stereocenters. The molecule has 0 unspecified atom stereocenters. The second kappa shape index (κ2) is 18.6. The van der Waals surface area contributed by atoms with Gasteiger partial charge < -0.3 is 9.97 Å². The van der Waals surface area contributed by atoms with Gasteiger partial charge >= 0.3 is 0 Å². The molecule has 0 saturated carbocycles. The minimum atomic E-state index is 0.744. The van der Waals surface area contributed by atoms with Crippen LogP contribution >= 0.6 is 127 Å². The first-order valence-electron chi connectivity index (χ1n) is 22.7. The van der Waals surface area contributed by atoms with Crippen molar-refractivity contribution in [2.75, 3.05) is 0 Å². The molecular formula is C60H30Br8N4. The number of fused-ring (bicyclic) bond motifs is 12. The monoisotopic (exact) mass is 1440 g/mol. The standard InChI is InChI=1S/C60H30Br8N4/c61-45-47(63)55-42(38-22-18-30-10-2-6-14-34(30)26-38)57-49(65)51(67)59(71-57)44(40-24-20-32-12-4-8-16-36(32)28-40)60-52(68)50(66)58(72-60)43(39-23-19-31-11-3-7-15-35(31)27-39)56-48(64)46(62)54(70-56)41(53(45)69-55)37-21-17-29-9-1-5-13-33(29)25-37/h1-28,69,72H. The van der Waals surface area contributed by atoms with E-state index in [1.54, 1.807) is 0 Å². The Kier molecular flexibility index (Phi) is 12.1. The largest absolute Gasteiger partial charge is 0.352 e. The number of halogens is 8. The van der Waals surface area contributed by atoms with Gasteiger partial charge in [0.25, 0.3) is 0 Å². The second-order valence-electron chi connectivity index (χ2n) is 17.6. The first-order chi connectivity index (χ1) is 35.0. The van der Waals surface area contributed by atoms with Crippen molar-refractivity contribution in [1.29, 1.82) is 0 Å². The van der Waals surface area contributed by atoms with E-state index in [0.29, 0.717) is 0 Å². The van der Waals surface area contributed by atoms with E-state index in [2.05, 4.69) is 307 Å². The van der Waals surface area contributed by atoms with E-state index in [0.717, 1.165) is 168 Å². The maximum absolute atomic E-state index is 5.76. The van der Waals surface area contributed by atoms with Crippen LogP contribution in [0.1, 0.15) is 22.8 Å². The number of H-pyrrole nitrogens is 2. The molecule has 72 heavy (non-hydrogen) atoms. The van der Waals surface area contributed by atoms with E-state index in [-0.39, 0.29) is 0 Å². The number of hydrogen-bond donors (Lipinski definition) is 2. The number of aromatic nitrogens is 4. The van der Waals surface area contributed by atoms with Crippen LogP contribution in [-0.2, 0) is 0 Å². The molecule has 346 valence electrons. The average Bonchev–Trinajstić information content (AvgIpc) is 4.07. The number of rotatable bonds is 4. The molecule has 0 fully saturated rings. The molecular weight excluding hydrogens is 1420 g/mol. The van der Waals surface area contributed by atoms with Gasteiger partial charge in [-0.2, -0.15) is 0 Å². The predicted molar refractivity (Wildman–Crippen MR) is 333 cm³/mol. The zero-order valence-electron chi connectivity index (χ0n) is 37.1. The summed E-state index contributed by atoms with van der Waals surface area (Å²) in [6, 6.07) is 60.2. The smallest absolute Gasteiger partial charge is 0.0891 e. The molecule has 4 nitrogen and oxygen atoms in total. The van der Waals surface area contributed by atoms with Crippen molar-refractivity contribution in [1.82, 2.24) is 19.9 Å². The quantitative estimate of drug-likeness (QED) is 0.184. The number of hydrogen-bond acceptors (Lipinski definition) is 2. The fraction of sp³-hybridized carbons (Fsp3) is 0. The molecule has 3 aromatic heterocycles.